The Labute approximate surface area is 202 Å². The lowest BCUT2D eigenvalue weighted by Gasteiger charge is -2.20. The van der Waals surface area contributed by atoms with Crippen molar-refractivity contribution in [2.24, 2.45) is 0 Å². The second kappa shape index (κ2) is 11.6. The molecule has 33 heavy (non-hydrogen) atoms. The minimum atomic E-state index is -0.609. The van der Waals surface area contributed by atoms with Crippen LogP contribution < -0.4 is 10.9 Å². The molecule has 0 bridgehead atoms. The number of fused-ring (bicyclic) bond motifs is 1. The number of aromatic nitrogens is 2. The zero-order valence-corrected chi connectivity index (χ0v) is 20.5. The van der Waals surface area contributed by atoms with Crippen molar-refractivity contribution in [2.75, 3.05) is 25.0 Å². The van der Waals surface area contributed by atoms with Crippen LogP contribution in [0.5, 0.6) is 0 Å². The van der Waals surface area contributed by atoms with E-state index in [1.807, 2.05) is 12.1 Å². The number of rotatable bonds is 10. The molecule has 1 heterocycles. The third kappa shape index (κ3) is 6.34. The molecule has 0 radical (unpaired) electrons. The summed E-state index contributed by atoms with van der Waals surface area (Å²) in [6.07, 6.45) is 0.783. The molecule has 1 atom stereocenters. The number of para-hydroxylation sites is 1. The van der Waals surface area contributed by atoms with E-state index in [1.54, 1.807) is 23.6 Å². The molecule has 3 aromatic rings. The Bertz CT molecular complexity index is 1180. The maximum absolute atomic E-state index is 14.1. The number of hydrogen-bond donors (Lipinski definition) is 1. The SMILES string of the molecule is CCN(CC)CCCn1c(SC(C)C(=O)Nc2ccc(Cl)cc2F)nc2ccccc2c1=O. The van der Waals surface area contributed by atoms with Gasteiger partial charge in [0.2, 0.25) is 5.91 Å². The van der Waals surface area contributed by atoms with Gasteiger partial charge in [-0.1, -0.05) is 49.3 Å². The van der Waals surface area contributed by atoms with Crippen molar-refractivity contribution in [3.8, 4) is 0 Å². The van der Waals surface area contributed by atoms with Crippen LogP contribution in [0.2, 0.25) is 5.02 Å². The molecule has 0 aliphatic rings. The summed E-state index contributed by atoms with van der Waals surface area (Å²) in [5, 5.41) is 3.25. The van der Waals surface area contributed by atoms with Crippen LogP contribution in [-0.2, 0) is 11.3 Å². The Morgan fingerprint density at radius 2 is 1.97 bits per heavy atom. The molecule has 2 aromatic carbocycles. The molecule has 3 rings (SSSR count). The Morgan fingerprint density at radius 1 is 1.24 bits per heavy atom. The Balaban J connectivity index is 1.83. The summed E-state index contributed by atoms with van der Waals surface area (Å²) in [7, 11) is 0. The number of amides is 1. The predicted molar refractivity (Wildman–Crippen MR) is 134 cm³/mol. The van der Waals surface area contributed by atoms with E-state index in [2.05, 4.69) is 29.0 Å². The maximum Gasteiger partial charge on any atom is 0.262 e. The van der Waals surface area contributed by atoms with E-state index in [1.165, 1.54) is 23.9 Å². The van der Waals surface area contributed by atoms with E-state index < -0.39 is 17.0 Å². The second-order valence-electron chi connectivity index (χ2n) is 7.62. The van der Waals surface area contributed by atoms with E-state index in [9.17, 15) is 14.0 Å². The van der Waals surface area contributed by atoms with Crippen molar-refractivity contribution in [1.29, 1.82) is 0 Å². The van der Waals surface area contributed by atoms with Crippen LogP contribution in [0.4, 0.5) is 10.1 Å². The lowest BCUT2D eigenvalue weighted by atomic mass is 10.2. The summed E-state index contributed by atoms with van der Waals surface area (Å²) in [5.41, 5.74) is 0.514. The first-order chi connectivity index (χ1) is 15.8. The van der Waals surface area contributed by atoms with Gasteiger partial charge in [0, 0.05) is 11.6 Å². The number of carbonyl (C=O) groups is 1. The first kappa shape index (κ1) is 25.2. The van der Waals surface area contributed by atoms with Gasteiger partial charge in [0.15, 0.2) is 5.16 Å². The zero-order chi connectivity index (χ0) is 24.0. The summed E-state index contributed by atoms with van der Waals surface area (Å²) in [6, 6.07) is 11.3. The first-order valence-corrected chi connectivity index (χ1v) is 12.2. The van der Waals surface area contributed by atoms with Crippen molar-refractivity contribution in [3.63, 3.8) is 0 Å². The van der Waals surface area contributed by atoms with E-state index in [0.717, 1.165) is 32.1 Å². The number of anilines is 1. The van der Waals surface area contributed by atoms with Gasteiger partial charge in [-0.3, -0.25) is 14.2 Å². The monoisotopic (exact) mass is 490 g/mol. The molecule has 9 heteroatoms. The predicted octanol–water partition coefficient (Wildman–Crippen LogP) is 5.04. The standard InChI is InChI=1S/C24H28ClFN4O2S/c1-4-29(5-2)13-8-14-30-23(32)18-9-6-7-10-20(18)28-24(30)33-16(3)22(31)27-21-12-11-17(25)15-19(21)26/h6-7,9-12,15-16H,4-5,8,13-14H2,1-3H3,(H,27,31). The number of halogens is 2. The molecular weight excluding hydrogens is 463 g/mol. The average molecular weight is 491 g/mol. The van der Waals surface area contributed by atoms with E-state index in [4.69, 9.17) is 11.6 Å². The molecule has 6 nitrogen and oxygen atoms in total. The van der Waals surface area contributed by atoms with Gasteiger partial charge >= 0.3 is 0 Å². The summed E-state index contributed by atoms with van der Waals surface area (Å²) in [6.45, 7) is 9.17. The van der Waals surface area contributed by atoms with Gasteiger partial charge in [0.05, 0.1) is 21.8 Å². The first-order valence-electron chi connectivity index (χ1n) is 11.0. The molecule has 1 unspecified atom stereocenters. The van der Waals surface area contributed by atoms with Gasteiger partial charge in [-0.15, -0.1) is 0 Å². The van der Waals surface area contributed by atoms with Crippen LogP contribution in [-0.4, -0.2) is 45.2 Å². The largest absolute Gasteiger partial charge is 0.323 e. The lowest BCUT2D eigenvalue weighted by Crippen LogP contribution is -2.29. The quantitative estimate of drug-likeness (QED) is 0.318. The molecule has 0 fully saturated rings. The summed E-state index contributed by atoms with van der Waals surface area (Å²) < 4.78 is 15.7. The van der Waals surface area contributed by atoms with E-state index >= 15 is 0 Å². The normalized spacial score (nSPS) is 12.3. The fourth-order valence-electron chi connectivity index (χ4n) is 3.46. The minimum Gasteiger partial charge on any atom is -0.323 e. The third-order valence-electron chi connectivity index (χ3n) is 5.42. The van der Waals surface area contributed by atoms with Gasteiger partial charge in [0.25, 0.3) is 5.56 Å². The third-order valence-corrected chi connectivity index (χ3v) is 6.74. The molecule has 0 aliphatic heterocycles. The number of hydrogen-bond acceptors (Lipinski definition) is 5. The van der Waals surface area contributed by atoms with Crippen molar-refractivity contribution >= 4 is 45.9 Å². The van der Waals surface area contributed by atoms with Gasteiger partial charge in [0.1, 0.15) is 5.82 Å². The Hall–Kier alpha value is -2.42. The molecular formula is C24H28ClFN4O2S. The Morgan fingerprint density at radius 3 is 2.67 bits per heavy atom. The Kier molecular flexibility index (Phi) is 8.88. The summed E-state index contributed by atoms with van der Waals surface area (Å²) >= 11 is 6.97. The minimum absolute atomic E-state index is 0.0555. The topological polar surface area (TPSA) is 67.2 Å². The van der Waals surface area contributed by atoms with Gasteiger partial charge in [-0.05, 0) is 63.3 Å². The number of nitrogens with one attached hydrogen (secondary N) is 1. The van der Waals surface area contributed by atoms with Crippen LogP contribution >= 0.6 is 23.4 Å². The molecule has 0 aliphatic carbocycles. The average Bonchev–Trinajstić information content (AvgIpc) is 2.80. The molecule has 1 aromatic heterocycles. The number of nitrogens with zero attached hydrogens (tertiary/aromatic N) is 3. The van der Waals surface area contributed by atoms with Crippen molar-refractivity contribution in [2.45, 2.75) is 44.1 Å². The highest BCUT2D eigenvalue weighted by molar-refractivity contribution is 8.00. The smallest absolute Gasteiger partial charge is 0.262 e. The van der Waals surface area contributed by atoms with Crippen LogP contribution in [0, 0.1) is 5.82 Å². The molecule has 1 amide bonds. The highest BCUT2D eigenvalue weighted by Gasteiger charge is 2.20. The van der Waals surface area contributed by atoms with Crippen LogP contribution in [0.15, 0.2) is 52.4 Å². The fraction of sp³-hybridized carbons (Fsp3) is 0.375. The summed E-state index contributed by atoms with van der Waals surface area (Å²) in [4.78, 5) is 32.9. The second-order valence-corrected chi connectivity index (χ2v) is 9.37. The lowest BCUT2D eigenvalue weighted by molar-refractivity contribution is -0.115. The molecule has 0 saturated carbocycles. The van der Waals surface area contributed by atoms with Gasteiger partial charge in [-0.25, -0.2) is 9.37 Å². The molecule has 1 N–H and O–H groups in total. The van der Waals surface area contributed by atoms with Gasteiger partial charge < -0.3 is 10.2 Å². The van der Waals surface area contributed by atoms with Crippen molar-refractivity contribution in [1.82, 2.24) is 14.5 Å². The fourth-order valence-corrected chi connectivity index (χ4v) is 4.56. The van der Waals surface area contributed by atoms with Crippen LogP contribution in [0.3, 0.4) is 0 Å². The maximum atomic E-state index is 14.1. The van der Waals surface area contributed by atoms with E-state index in [-0.39, 0.29) is 16.3 Å². The molecule has 0 saturated heterocycles. The number of benzene rings is 2. The highest BCUT2D eigenvalue weighted by atomic mass is 35.5. The highest BCUT2D eigenvalue weighted by Crippen LogP contribution is 2.25. The molecule has 176 valence electrons. The van der Waals surface area contributed by atoms with Crippen LogP contribution in [0.25, 0.3) is 10.9 Å². The van der Waals surface area contributed by atoms with Crippen molar-refractivity contribution < 1.29 is 9.18 Å². The molecule has 0 spiro atoms. The van der Waals surface area contributed by atoms with E-state index in [0.29, 0.717) is 22.6 Å². The number of thioether (sulfide) groups is 1. The number of carbonyl (C=O) groups excluding carboxylic acids is 1. The summed E-state index contributed by atoms with van der Waals surface area (Å²) in [5.74, 6) is -0.997. The van der Waals surface area contributed by atoms with Crippen LogP contribution in [0.1, 0.15) is 27.2 Å². The van der Waals surface area contributed by atoms with Crippen molar-refractivity contribution in [3.05, 3.63) is 63.7 Å². The zero-order valence-electron chi connectivity index (χ0n) is 19.0. The van der Waals surface area contributed by atoms with Gasteiger partial charge in [-0.2, -0.15) is 0 Å².